The molecule has 20 heavy (non-hydrogen) atoms. The van der Waals surface area contributed by atoms with Gasteiger partial charge in [0.05, 0.1) is 17.5 Å². The molecule has 1 unspecified atom stereocenters. The second-order valence-electron chi connectivity index (χ2n) is 5.53. The number of hydrogen-bond donors (Lipinski definition) is 0. The van der Waals surface area contributed by atoms with E-state index in [4.69, 9.17) is 4.74 Å². The van der Waals surface area contributed by atoms with Crippen molar-refractivity contribution < 1.29 is 9.53 Å². The first kappa shape index (κ1) is 15.9. The summed E-state index contributed by atoms with van der Waals surface area (Å²) in [4.78, 5) is 15.4. The van der Waals surface area contributed by atoms with Crippen LogP contribution < -0.4 is 0 Å². The highest BCUT2D eigenvalue weighted by Crippen LogP contribution is 2.24. The molecule has 1 aromatic rings. The van der Waals surface area contributed by atoms with E-state index in [9.17, 15) is 4.79 Å². The number of hydrogen-bond acceptors (Lipinski definition) is 3. The molecule has 1 aliphatic rings. The molecule has 1 atom stereocenters. The van der Waals surface area contributed by atoms with Gasteiger partial charge in [-0.3, -0.25) is 4.79 Å². The Kier molecular flexibility index (Phi) is 5.52. The molecular formula is C15H20BrNO2S. The molecule has 0 N–H and O–H groups in total. The van der Waals surface area contributed by atoms with Crippen LogP contribution in [0.5, 0.6) is 0 Å². The van der Waals surface area contributed by atoms with Gasteiger partial charge in [0.25, 0.3) is 0 Å². The SMILES string of the molecule is CC1(C)CN(C(=O)CSc2ccccc2)CC(CBr)O1. The minimum absolute atomic E-state index is 0.0735. The minimum Gasteiger partial charge on any atom is -0.368 e. The molecule has 1 aromatic carbocycles. The zero-order valence-corrected chi connectivity index (χ0v) is 14.2. The first-order valence-corrected chi connectivity index (χ1v) is 8.80. The van der Waals surface area contributed by atoms with Crippen LogP contribution >= 0.6 is 27.7 Å². The number of halogens is 1. The number of alkyl halides is 1. The summed E-state index contributed by atoms with van der Waals surface area (Å²) in [5.74, 6) is 0.663. The Morgan fingerprint density at radius 2 is 2.15 bits per heavy atom. The van der Waals surface area contributed by atoms with Gasteiger partial charge in [0.1, 0.15) is 0 Å². The Hall–Kier alpha value is -0.520. The Labute approximate surface area is 133 Å². The van der Waals surface area contributed by atoms with E-state index in [-0.39, 0.29) is 17.6 Å². The van der Waals surface area contributed by atoms with Crippen molar-refractivity contribution in [2.24, 2.45) is 0 Å². The number of thioether (sulfide) groups is 1. The number of benzene rings is 1. The smallest absolute Gasteiger partial charge is 0.233 e. The number of carbonyl (C=O) groups excluding carboxylic acids is 1. The zero-order chi connectivity index (χ0) is 14.6. The van der Waals surface area contributed by atoms with Crippen molar-refractivity contribution in [3.8, 4) is 0 Å². The fourth-order valence-electron chi connectivity index (χ4n) is 2.32. The highest BCUT2D eigenvalue weighted by atomic mass is 79.9. The van der Waals surface area contributed by atoms with Gasteiger partial charge in [-0.25, -0.2) is 0 Å². The molecule has 3 nitrogen and oxygen atoms in total. The summed E-state index contributed by atoms with van der Waals surface area (Å²) in [6.07, 6.45) is 0.0735. The van der Waals surface area contributed by atoms with Crippen LogP contribution in [0.2, 0.25) is 0 Å². The summed E-state index contributed by atoms with van der Waals surface area (Å²) in [6, 6.07) is 10.0. The third-order valence-electron chi connectivity index (χ3n) is 3.11. The number of rotatable bonds is 4. The first-order chi connectivity index (χ1) is 9.50. The van der Waals surface area contributed by atoms with Gasteiger partial charge < -0.3 is 9.64 Å². The molecule has 0 bridgehead atoms. The van der Waals surface area contributed by atoms with Crippen LogP contribution in [0.4, 0.5) is 0 Å². The van der Waals surface area contributed by atoms with Crippen LogP contribution in [-0.2, 0) is 9.53 Å². The highest BCUT2D eigenvalue weighted by molar-refractivity contribution is 9.09. The molecule has 0 aromatic heterocycles. The summed E-state index contributed by atoms with van der Waals surface area (Å²) in [5.41, 5.74) is -0.274. The maximum Gasteiger partial charge on any atom is 0.233 e. The third-order valence-corrected chi connectivity index (χ3v) is 4.83. The largest absolute Gasteiger partial charge is 0.368 e. The third kappa shape index (κ3) is 4.50. The topological polar surface area (TPSA) is 29.5 Å². The molecule has 1 saturated heterocycles. The quantitative estimate of drug-likeness (QED) is 0.612. The van der Waals surface area contributed by atoms with Gasteiger partial charge in [-0.15, -0.1) is 11.8 Å². The van der Waals surface area contributed by atoms with Crippen molar-refractivity contribution in [3.63, 3.8) is 0 Å². The van der Waals surface area contributed by atoms with E-state index in [0.717, 1.165) is 10.2 Å². The zero-order valence-electron chi connectivity index (χ0n) is 11.8. The van der Waals surface area contributed by atoms with E-state index in [1.54, 1.807) is 11.8 Å². The van der Waals surface area contributed by atoms with Gasteiger partial charge in [-0.1, -0.05) is 34.1 Å². The van der Waals surface area contributed by atoms with E-state index in [0.29, 0.717) is 18.8 Å². The summed E-state index contributed by atoms with van der Waals surface area (Å²) in [7, 11) is 0. The molecule has 1 amide bonds. The predicted octanol–water partition coefficient (Wildman–Crippen LogP) is 3.18. The van der Waals surface area contributed by atoms with E-state index in [2.05, 4.69) is 15.9 Å². The van der Waals surface area contributed by atoms with Crippen LogP contribution in [0.15, 0.2) is 35.2 Å². The Bertz CT molecular complexity index is 452. The number of ether oxygens (including phenoxy) is 1. The second kappa shape index (κ2) is 6.96. The summed E-state index contributed by atoms with van der Waals surface area (Å²) in [5, 5.41) is 0.756. The monoisotopic (exact) mass is 357 g/mol. The lowest BCUT2D eigenvalue weighted by molar-refractivity contribution is -0.154. The van der Waals surface area contributed by atoms with Gasteiger partial charge in [-0.05, 0) is 26.0 Å². The molecular weight excluding hydrogens is 338 g/mol. The second-order valence-corrected chi connectivity index (χ2v) is 7.23. The van der Waals surface area contributed by atoms with E-state index in [1.165, 1.54) is 0 Å². The van der Waals surface area contributed by atoms with Crippen molar-refractivity contribution >= 4 is 33.6 Å². The van der Waals surface area contributed by atoms with Crippen LogP contribution in [0.3, 0.4) is 0 Å². The van der Waals surface area contributed by atoms with Crippen LogP contribution in [0.1, 0.15) is 13.8 Å². The van der Waals surface area contributed by atoms with Crippen LogP contribution in [0, 0.1) is 0 Å². The number of amides is 1. The maximum absolute atomic E-state index is 12.4. The van der Waals surface area contributed by atoms with Crippen molar-refractivity contribution in [2.75, 3.05) is 24.2 Å². The fraction of sp³-hybridized carbons (Fsp3) is 0.533. The first-order valence-electron chi connectivity index (χ1n) is 6.69. The highest BCUT2D eigenvalue weighted by Gasteiger charge is 2.34. The Morgan fingerprint density at radius 3 is 2.80 bits per heavy atom. The van der Waals surface area contributed by atoms with Crippen LogP contribution in [-0.4, -0.2) is 46.7 Å². The van der Waals surface area contributed by atoms with Gasteiger partial charge in [0.15, 0.2) is 0 Å². The molecule has 0 spiro atoms. The lowest BCUT2D eigenvalue weighted by Crippen LogP contribution is -2.55. The summed E-state index contributed by atoms with van der Waals surface area (Å²) < 4.78 is 5.92. The number of carbonyl (C=O) groups is 1. The average molecular weight is 358 g/mol. The van der Waals surface area contributed by atoms with E-state index >= 15 is 0 Å². The standard InChI is InChI=1S/C15H20BrNO2S/c1-15(2)11-17(9-12(8-16)19-15)14(18)10-20-13-6-4-3-5-7-13/h3-7,12H,8-11H2,1-2H3. The van der Waals surface area contributed by atoms with Crippen molar-refractivity contribution in [2.45, 2.75) is 30.4 Å². The van der Waals surface area contributed by atoms with Crippen LogP contribution in [0.25, 0.3) is 0 Å². The number of nitrogens with zero attached hydrogens (tertiary/aromatic N) is 1. The van der Waals surface area contributed by atoms with Crippen molar-refractivity contribution in [1.82, 2.24) is 4.90 Å². The van der Waals surface area contributed by atoms with Crippen molar-refractivity contribution in [1.29, 1.82) is 0 Å². The number of morpholine rings is 1. The minimum atomic E-state index is -0.274. The van der Waals surface area contributed by atoms with Crippen molar-refractivity contribution in [3.05, 3.63) is 30.3 Å². The van der Waals surface area contributed by atoms with E-state index < -0.39 is 0 Å². The Morgan fingerprint density at radius 1 is 1.45 bits per heavy atom. The van der Waals surface area contributed by atoms with Gasteiger partial charge in [-0.2, -0.15) is 0 Å². The summed E-state index contributed by atoms with van der Waals surface area (Å²) >= 11 is 5.03. The molecule has 110 valence electrons. The van der Waals surface area contributed by atoms with Gasteiger partial charge in [0.2, 0.25) is 5.91 Å². The molecule has 0 radical (unpaired) electrons. The lowest BCUT2D eigenvalue weighted by Gasteiger charge is -2.42. The molecule has 2 rings (SSSR count). The molecule has 0 aliphatic carbocycles. The van der Waals surface area contributed by atoms with E-state index in [1.807, 2.05) is 49.1 Å². The normalized spacial score (nSPS) is 21.8. The van der Waals surface area contributed by atoms with Gasteiger partial charge in [0, 0.05) is 23.3 Å². The molecule has 5 heteroatoms. The average Bonchev–Trinajstić information content (AvgIpc) is 2.44. The fourth-order valence-corrected chi connectivity index (χ4v) is 3.48. The molecule has 0 saturated carbocycles. The molecule has 1 heterocycles. The molecule has 1 fully saturated rings. The summed E-state index contributed by atoms with van der Waals surface area (Å²) in [6.45, 7) is 5.40. The molecule has 1 aliphatic heterocycles. The lowest BCUT2D eigenvalue weighted by atomic mass is 10.1. The Balaban J connectivity index is 1.91. The maximum atomic E-state index is 12.4. The predicted molar refractivity (Wildman–Crippen MR) is 86.5 cm³/mol. The van der Waals surface area contributed by atoms with Gasteiger partial charge >= 0.3 is 0 Å².